The predicted octanol–water partition coefficient (Wildman–Crippen LogP) is 2.61. The van der Waals surface area contributed by atoms with Crippen LogP contribution in [0, 0.1) is 0 Å². The summed E-state index contributed by atoms with van der Waals surface area (Å²) in [5, 5.41) is 0. The molecule has 27 heavy (non-hydrogen) atoms. The third-order valence-corrected chi connectivity index (χ3v) is 4.68. The Morgan fingerprint density at radius 2 is 1.63 bits per heavy atom. The largest absolute Gasteiger partial charge is 0.355 e. The summed E-state index contributed by atoms with van der Waals surface area (Å²) in [4.78, 5) is 27.2. The van der Waals surface area contributed by atoms with Gasteiger partial charge in [-0.3, -0.25) is 4.98 Å². The fourth-order valence-corrected chi connectivity index (χ4v) is 3.24. The van der Waals surface area contributed by atoms with Gasteiger partial charge in [0.2, 0.25) is 5.95 Å². The van der Waals surface area contributed by atoms with Crippen molar-refractivity contribution in [3.05, 3.63) is 54.6 Å². The van der Waals surface area contributed by atoms with Crippen LogP contribution in [0.2, 0.25) is 0 Å². The molecule has 138 valence electrons. The zero-order chi connectivity index (χ0) is 18.5. The Morgan fingerprint density at radius 3 is 2.41 bits per heavy atom. The average molecular weight is 361 g/mol. The molecule has 4 heterocycles. The van der Waals surface area contributed by atoms with Crippen LogP contribution >= 0.6 is 0 Å². The summed E-state index contributed by atoms with van der Waals surface area (Å²) in [5.41, 5.74) is 1.84. The summed E-state index contributed by atoms with van der Waals surface area (Å²) >= 11 is 0. The highest BCUT2D eigenvalue weighted by molar-refractivity contribution is 5.54. The molecule has 1 aliphatic rings. The van der Waals surface area contributed by atoms with Gasteiger partial charge in [-0.25, -0.2) is 19.9 Å². The average Bonchev–Trinajstić information content (AvgIpc) is 3.01. The van der Waals surface area contributed by atoms with Crippen molar-refractivity contribution in [2.45, 2.75) is 19.8 Å². The fraction of sp³-hybridized carbons (Fsp3) is 0.350. The minimum absolute atomic E-state index is 0.692. The number of nitrogens with zero attached hydrogens (tertiary/aromatic N) is 7. The van der Waals surface area contributed by atoms with E-state index in [1.807, 2.05) is 24.3 Å². The molecule has 1 aliphatic heterocycles. The Morgan fingerprint density at radius 1 is 0.852 bits per heavy atom. The minimum Gasteiger partial charge on any atom is -0.355 e. The Labute approximate surface area is 159 Å². The number of hydrogen-bond acceptors (Lipinski definition) is 7. The van der Waals surface area contributed by atoms with Gasteiger partial charge in [-0.05, 0) is 31.0 Å². The van der Waals surface area contributed by atoms with E-state index < -0.39 is 0 Å². The van der Waals surface area contributed by atoms with E-state index in [2.05, 4.69) is 42.7 Å². The van der Waals surface area contributed by atoms with Crippen LogP contribution in [0.25, 0.3) is 11.5 Å². The van der Waals surface area contributed by atoms with Gasteiger partial charge < -0.3 is 9.80 Å². The van der Waals surface area contributed by atoms with E-state index in [1.165, 1.54) is 0 Å². The second-order valence-electron chi connectivity index (χ2n) is 6.49. The maximum Gasteiger partial charge on any atom is 0.225 e. The van der Waals surface area contributed by atoms with Crippen molar-refractivity contribution in [2.24, 2.45) is 0 Å². The number of anilines is 2. The molecule has 0 amide bonds. The predicted molar refractivity (Wildman–Crippen MR) is 106 cm³/mol. The Kier molecular flexibility index (Phi) is 5.18. The summed E-state index contributed by atoms with van der Waals surface area (Å²) in [6.07, 6.45) is 7.26. The van der Waals surface area contributed by atoms with E-state index in [9.17, 15) is 0 Å². The fourth-order valence-electron chi connectivity index (χ4n) is 3.24. The van der Waals surface area contributed by atoms with Crippen molar-refractivity contribution in [3.8, 4) is 11.5 Å². The standard InChI is InChI=1S/C20H23N7/c1-2-16-15-18(25-19(24-16)17-7-3-4-8-21-17)26-11-6-12-27(14-13-26)20-22-9-5-10-23-20/h3-5,7-10,15H,2,6,11-14H2,1H3. The summed E-state index contributed by atoms with van der Waals surface area (Å²) in [6, 6.07) is 9.77. The molecule has 7 heteroatoms. The highest BCUT2D eigenvalue weighted by atomic mass is 15.3. The van der Waals surface area contributed by atoms with Crippen molar-refractivity contribution < 1.29 is 0 Å². The third-order valence-electron chi connectivity index (χ3n) is 4.68. The molecular weight excluding hydrogens is 338 g/mol. The molecular formula is C20H23N7. The Bertz CT molecular complexity index is 870. The number of hydrogen-bond donors (Lipinski definition) is 0. The lowest BCUT2D eigenvalue weighted by Crippen LogP contribution is -2.32. The summed E-state index contributed by atoms with van der Waals surface area (Å²) in [6.45, 7) is 5.75. The zero-order valence-electron chi connectivity index (χ0n) is 15.5. The molecule has 0 N–H and O–H groups in total. The highest BCUT2D eigenvalue weighted by Crippen LogP contribution is 2.21. The number of aryl methyl sites for hydroxylation is 1. The quantitative estimate of drug-likeness (QED) is 0.707. The van der Waals surface area contributed by atoms with Gasteiger partial charge in [-0.2, -0.15) is 0 Å². The van der Waals surface area contributed by atoms with E-state index in [4.69, 9.17) is 4.98 Å². The van der Waals surface area contributed by atoms with Crippen LogP contribution in [0.1, 0.15) is 19.0 Å². The van der Waals surface area contributed by atoms with Gasteiger partial charge in [0.1, 0.15) is 11.5 Å². The van der Waals surface area contributed by atoms with E-state index in [0.29, 0.717) is 5.82 Å². The highest BCUT2D eigenvalue weighted by Gasteiger charge is 2.19. The van der Waals surface area contributed by atoms with Crippen LogP contribution in [-0.4, -0.2) is 51.1 Å². The number of pyridine rings is 1. The van der Waals surface area contributed by atoms with Gasteiger partial charge in [-0.15, -0.1) is 0 Å². The van der Waals surface area contributed by atoms with Crippen molar-refractivity contribution >= 4 is 11.8 Å². The van der Waals surface area contributed by atoms with Gasteiger partial charge in [0.15, 0.2) is 5.82 Å². The second-order valence-corrected chi connectivity index (χ2v) is 6.49. The normalized spacial score (nSPS) is 14.9. The molecule has 7 nitrogen and oxygen atoms in total. The zero-order valence-corrected chi connectivity index (χ0v) is 15.5. The molecule has 0 bridgehead atoms. The van der Waals surface area contributed by atoms with Crippen LogP contribution in [-0.2, 0) is 6.42 Å². The van der Waals surface area contributed by atoms with Crippen LogP contribution in [0.4, 0.5) is 11.8 Å². The lowest BCUT2D eigenvalue weighted by Gasteiger charge is -2.23. The van der Waals surface area contributed by atoms with Gasteiger partial charge in [0.25, 0.3) is 0 Å². The van der Waals surface area contributed by atoms with Gasteiger partial charge in [-0.1, -0.05) is 13.0 Å². The first-order valence-electron chi connectivity index (χ1n) is 9.40. The van der Waals surface area contributed by atoms with Crippen LogP contribution < -0.4 is 9.80 Å². The summed E-state index contributed by atoms with van der Waals surface area (Å²) in [5.74, 6) is 2.46. The van der Waals surface area contributed by atoms with Crippen LogP contribution in [0.15, 0.2) is 48.9 Å². The molecule has 0 unspecified atom stereocenters. The molecule has 0 aromatic carbocycles. The Hall–Kier alpha value is -3.09. The first-order valence-corrected chi connectivity index (χ1v) is 9.40. The smallest absolute Gasteiger partial charge is 0.225 e. The Balaban J connectivity index is 1.58. The van der Waals surface area contributed by atoms with E-state index in [1.54, 1.807) is 18.6 Å². The SMILES string of the molecule is CCc1cc(N2CCCN(c3ncccn3)CC2)nc(-c2ccccn2)n1. The van der Waals surface area contributed by atoms with Crippen molar-refractivity contribution in [2.75, 3.05) is 36.0 Å². The second kappa shape index (κ2) is 8.07. The maximum atomic E-state index is 4.82. The van der Waals surface area contributed by atoms with Crippen LogP contribution in [0.3, 0.4) is 0 Å². The summed E-state index contributed by atoms with van der Waals surface area (Å²) < 4.78 is 0. The molecule has 0 saturated carbocycles. The molecule has 0 spiro atoms. The first kappa shape index (κ1) is 17.3. The summed E-state index contributed by atoms with van der Waals surface area (Å²) in [7, 11) is 0. The monoisotopic (exact) mass is 361 g/mol. The van der Waals surface area contributed by atoms with Gasteiger partial charge in [0.05, 0.1) is 0 Å². The maximum absolute atomic E-state index is 4.82. The van der Waals surface area contributed by atoms with E-state index in [-0.39, 0.29) is 0 Å². The molecule has 3 aromatic rings. The third kappa shape index (κ3) is 4.02. The van der Waals surface area contributed by atoms with Gasteiger partial charge in [0, 0.05) is 56.5 Å². The van der Waals surface area contributed by atoms with Crippen molar-refractivity contribution in [1.82, 2.24) is 24.9 Å². The van der Waals surface area contributed by atoms with Crippen molar-refractivity contribution in [1.29, 1.82) is 0 Å². The topological polar surface area (TPSA) is 70.9 Å². The minimum atomic E-state index is 0.692. The molecule has 0 atom stereocenters. The van der Waals surface area contributed by atoms with Crippen molar-refractivity contribution in [3.63, 3.8) is 0 Å². The molecule has 4 rings (SSSR count). The van der Waals surface area contributed by atoms with Gasteiger partial charge >= 0.3 is 0 Å². The molecule has 0 aliphatic carbocycles. The molecule has 0 radical (unpaired) electrons. The number of rotatable bonds is 4. The van der Waals surface area contributed by atoms with E-state index >= 15 is 0 Å². The lowest BCUT2D eigenvalue weighted by molar-refractivity contribution is 0.781. The van der Waals surface area contributed by atoms with E-state index in [0.717, 1.165) is 62.2 Å². The molecule has 3 aromatic heterocycles. The molecule has 1 fully saturated rings. The van der Waals surface area contributed by atoms with Crippen LogP contribution in [0.5, 0.6) is 0 Å². The lowest BCUT2D eigenvalue weighted by atomic mass is 10.2. The number of aromatic nitrogens is 5. The first-order chi connectivity index (χ1) is 13.3. The molecule has 1 saturated heterocycles.